The Labute approximate surface area is 63.2 Å². The van der Waals surface area contributed by atoms with E-state index in [4.69, 9.17) is 0 Å². The largest absolute Gasteiger partial charge is 0.314 e. The highest BCUT2D eigenvalue weighted by molar-refractivity contribution is 5.09. The SMILES string of the molecule is CCNC1CC12CCCC2. The van der Waals surface area contributed by atoms with Gasteiger partial charge in [0.2, 0.25) is 0 Å². The van der Waals surface area contributed by atoms with Gasteiger partial charge in [-0.3, -0.25) is 0 Å². The van der Waals surface area contributed by atoms with Crippen LogP contribution in [0.1, 0.15) is 39.0 Å². The van der Waals surface area contributed by atoms with Crippen molar-refractivity contribution in [3.05, 3.63) is 0 Å². The van der Waals surface area contributed by atoms with Crippen LogP contribution >= 0.6 is 0 Å². The average Bonchev–Trinajstić information content (AvgIpc) is 2.43. The van der Waals surface area contributed by atoms with Crippen LogP contribution in [-0.2, 0) is 0 Å². The first kappa shape index (κ1) is 6.66. The van der Waals surface area contributed by atoms with Crippen molar-refractivity contribution < 1.29 is 0 Å². The zero-order chi connectivity index (χ0) is 7.03. The van der Waals surface area contributed by atoms with Gasteiger partial charge in [-0.1, -0.05) is 19.8 Å². The summed E-state index contributed by atoms with van der Waals surface area (Å²) in [5.41, 5.74) is 0.802. The third kappa shape index (κ3) is 0.878. The highest BCUT2D eigenvalue weighted by Crippen LogP contribution is 2.57. The third-order valence-corrected chi connectivity index (χ3v) is 3.24. The van der Waals surface area contributed by atoms with Gasteiger partial charge in [0.15, 0.2) is 0 Å². The van der Waals surface area contributed by atoms with E-state index in [0.717, 1.165) is 18.0 Å². The summed E-state index contributed by atoms with van der Waals surface area (Å²) < 4.78 is 0. The van der Waals surface area contributed by atoms with E-state index in [1.165, 1.54) is 32.1 Å². The molecular weight excluding hydrogens is 122 g/mol. The molecule has 10 heavy (non-hydrogen) atoms. The normalized spacial score (nSPS) is 35.1. The quantitative estimate of drug-likeness (QED) is 0.616. The molecule has 2 aliphatic rings. The van der Waals surface area contributed by atoms with Gasteiger partial charge in [-0.05, 0) is 31.2 Å². The lowest BCUT2D eigenvalue weighted by Gasteiger charge is -2.06. The van der Waals surface area contributed by atoms with Crippen LogP contribution in [0.25, 0.3) is 0 Å². The summed E-state index contributed by atoms with van der Waals surface area (Å²) in [7, 11) is 0. The van der Waals surface area contributed by atoms with Crippen molar-refractivity contribution in [1.29, 1.82) is 0 Å². The Morgan fingerprint density at radius 1 is 1.40 bits per heavy atom. The monoisotopic (exact) mass is 139 g/mol. The fourth-order valence-corrected chi connectivity index (χ4v) is 2.51. The van der Waals surface area contributed by atoms with Crippen molar-refractivity contribution in [2.45, 2.75) is 45.1 Å². The molecule has 2 aliphatic carbocycles. The lowest BCUT2D eigenvalue weighted by Crippen LogP contribution is -2.20. The highest BCUT2D eigenvalue weighted by atomic mass is 15.0. The van der Waals surface area contributed by atoms with Crippen LogP contribution in [-0.4, -0.2) is 12.6 Å². The maximum atomic E-state index is 3.55. The molecule has 1 nitrogen and oxygen atoms in total. The molecule has 0 bridgehead atoms. The van der Waals surface area contributed by atoms with Crippen LogP contribution in [0.15, 0.2) is 0 Å². The van der Waals surface area contributed by atoms with E-state index in [-0.39, 0.29) is 0 Å². The van der Waals surface area contributed by atoms with Gasteiger partial charge >= 0.3 is 0 Å². The molecule has 0 aliphatic heterocycles. The molecule has 0 aromatic rings. The minimum Gasteiger partial charge on any atom is -0.314 e. The summed E-state index contributed by atoms with van der Waals surface area (Å²) in [5, 5.41) is 3.55. The molecule has 1 N–H and O–H groups in total. The average molecular weight is 139 g/mol. The van der Waals surface area contributed by atoms with E-state index in [9.17, 15) is 0 Å². The van der Waals surface area contributed by atoms with Crippen molar-refractivity contribution in [2.75, 3.05) is 6.54 Å². The second-order valence-corrected chi connectivity index (χ2v) is 3.88. The van der Waals surface area contributed by atoms with Crippen LogP contribution in [0.5, 0.6) is 0 Å². The molecule has 2 fully saturated rings. The molecule has 2 saturated carbocycles. The molecule has 58 valence electrons. The van der Waals surface area contributed by atoms with Gasteiger partial charge < -0.3 is 5.32 Å². The van der Waals surface area contributed by atoms with Crippen LogP contribution in [0.4, 0.5) is 0 Å². The number of nitrogens with one attached hydrogen (secondary N) is 1. The molecular formula is C9H17N. The molecule has 0 aromatic carbocycles. The van der Waals surface area contributed by atoms with E-state index in [1.54, 1.807) is 0 Å². The zero-order valence-corrected chi connectivity index (χ0v) is 6.82. The molecule has 1 atom stereocenters. The van der Waals surface area contributed by atoms with Gasteiger partial charge in [-0.25, -0.2) is 0 Å². The number of rotatable bonds is 2. The molecule has 0 saturated heterocycles. The molecule has 2 rings (SSSR count). The van der Waals surface area contributed by atoms with E-state index < -0.39 is 0 Å². The Bertz CT molecular complexity index is 125. The van der Waals surface area contributed by atoms with E-state index >= 15 is 0 Å². The zero-order valence-electron chi connectivity index (χ0n) is 6.82. The van der Waals surface area contributed by atoms with Gasteiger partial charge in [0.05, 0.1) is 0 Å². The van der Waals surface area contributed by atoms with Gasteiger partial charge in [0.25, 0.3) is 0 Å². The Morgan fingerprint density at radius 3 is 2.70 bits per heavy atom. The first-order valence-corrected chi connectivity index (χ1v) is 4.61. The standard InChI is InChI=1S/C9H17N/c1-2-10-8-7-9(8)5-3-4-6-9/h8,10H,2-7H2,1H3. The molecule has 0 aromatic heterocycles. The van der Waals surface area contributed by atoms with Crippen LogP contribution in [0, 0.1) is 5.41 Å². The predicted octanol–water partition coefficient (Wildman–Crippen LogP) is 1.93. The van der Waals surface area contributed by atoms with Crippen LogP contribution in [0.3, 0.4) is 0 Å². The topological polar surface area (TPSA) is 12.0 Å². The van der Waals surface area contributed by atoms with Crippen molar-refractivity contribution in [1.82, 2.24) is 5.32 Å². The second kappa shape index (κ2) is 2.23. The first-order chi connectivity index (χ1) is 4.87. The Morgan fingerprint density at radius 2 is 2.10 bits per heavy atom. The summed E-state index contributed by atoms with van der Waals surface area (Å²) in [6.45, 7) is 3.37. The molecule has 1 heteroatoms. The molecule has 0 radical (unpaired) electrons. The van der Waals surface area contributed by atoms with Crippen LogP contribution in [0.2, 0.25) is 0 Å². The highest BCUT2D eigenvalue weighted by Gasteiger charge is 2.54. The minimum atomic E-state index is 0.802. The Hall–Kier alpha value is -0.0400. The molecule has 1 unspecified atom stereocenters. The molecule has 0 heterocycles. The number of hydrogen-bond donors (Lipinski definition) is 1. The maximum Gasteiger partial charge on any atom is 0.0130 e. The fourth-order valence-electron chi connectivity index (χ4n) is 2.51. The Kier molecular flexibility index (Phi) is 1.48. The smallest absolute Gasteiger partial charge is 0.0130 e. The number of hydrogen-bond acceptors (Lipinski definition) is 1. The molecule has 1 spiro atoms. The molecule has 0 amide bonds. The van der Waals surface area contributed by atoms with Crippen molar-refractivity contribution in [3.63, 3.8) is 0 Å². The fraction of sp³-hybridized carbons (Fsp3) is 1.00. The first-order valence-electron chi connectivity index (χ1n) is 4.61. The lowest BCUT2D eigenvalue weighted by atomic mass is 10.1. The lowest BCUT2D eigenvalue weighted by molar-refractivity contribution is 0.474. The summed E-state index contributed by atoms with van der Waals surface area (Å²) in [5.74, 6) is 0. The van der Waals surface area contributed by atoms with E-state index in [2.05, 4.69) is 12.2 Å². The maximum absolute atomic E-state index is 3.55. The third-order valence-electron chi connectivity index (χ3n) is 3.24. The van der Waals surface area contributed by atoms with Crippen molar-refractivity contribution in [2.24, 2.45) is 5.41 Å². The van der Waals surface area contributed by atoms with Gasteiger partial charge in [0, 0.05) is 6.04 Å². The summed E-state index contributed by atoms with van der Waals surface area (Å²) >= 11 is 0. The predicted molar refractivity (Wildman–Crippen MR) is 43.0 cm³/mol. The van der Waals surface area contributed by atoms with Gasteiger partial charge in [0.1, 0.15) is 0 Å². The van der Waals surface area contributed by atoms with Crippen LogP contribution < -0.4 is 5.32 Å². The van der Waals surface area contributed by atoms with E-state index in [1.807, 2.05) is 0 Å². The summed E-state index contributed by atoms with van der Waals surface area (Å²) in [6.07, 6.45) is 7.46. The van der Waals surface area contributed by atoms with Crippen molar-refractivity contribution in [3.8, 4) is 0 Å². The van der Waals surface area contributed by atoms with Gasteiger partial charge in [-0.2, -0.15) is 0 Å². The summed E-state index contributed by atoms with van der Waals surface area (Å²) in [6, 6.07) is 0.903. The van der Waals surface area contributed by atoms with Crippen molar-refractivity contribution >= 4 is 0 Å². The van der Waals surface area contributed by atoms with Gasteiger partial charge in [-0.15, -0.1) is 0 Å². The minimum absolute atomic E-state index is 0.802. The van der Waals surface area contributed by atoms with E-state index in [0.29, 0.717) is 0 Å². The summed E-state index contributed by atoms with van der Waals surface area (Å²) in [4.78, 5) is 0. The Balaban J connectivity index is 1.86. The second-order valence-electron chi connectivity index (χ2n) is 3.88.